The lowest BCUT2D eigenvalue weighted by Gasteiger charge is -2.03. The predicted octanol–water partition coefficient (Wildman–Crippen LogP) is 1.70. The van der Waals surface area contributed by atoms with Crippen LogP contribution in [0.2, 0.25) is 0 Å². The summed E-state index contributed by atoms with van der Waals surface area (Å²) in [5.41, 5.74) is 1.02. The molecule has 4 heterocycles. The summed E-state index contributed by atoms with van der Waals surface area (Å²) in [5, 5.41) is 7.64. The third-order valence-electron chi connectivity index (χ3n) is 3.43. The molecule has 0 aliphatic heterocycles. The van der Waals surface area contributed by atoms with Gasteiger partial charge in [0.15, 0.2) is 5.82 Å². The van der Waals surface area contributed by atoms with Gasteiger partial charge in [-0.2, -0.15) is 9.97 Å². The number of pyridine rings is 2. The lowest BCUT2D eigenvalue weighted by molar-refractivity contribution is 0.370. The van der Waals surface area contributed by atoms with Crippen molar-refractivity contribution in [2.45, 2.75) is 13.5 Å². The maximum atomic E-state index is 12.1. The lowest BCUT2D eigenvalue weighted by atomic mass is 10.3. The van der Waals surface area contributed by atoms with Crippen molar-refractivity contribution in [1.82, 2.24) is 29.8 Å². The molecule has 0 aromatic carbocycles. The van der Waals surface area contributed by atoms with Crippen molar-refractivity contribution in [2.24, 2.45) is 0 Å². The zero-order valence-corrected chi connectivity index (χ0v) is 13.2. The van der Waals surface area contributed by atoms with Gasteiger partial charge < -0.3 is 13.6 Å². The maximum Gasteiger partial charge on any atom is 0.259 e. The molecule has 0 bridgehead atoms. The first kappa shape index (κ1) is 14.9. The highest BCUT2D eigenvalue weighted by molar-refractivity contribution is 5.50. The minimum absolute atomic E-state index is 0.125. The van der Waals surface area contributed by atoms with E-state index >= 15 is 0 Å². The van der Waals surface area contributed by atoms with Crippen molar-refractivity contribution >= 4 is 0 Å². The van der Waals surface area contributed by atoms with Crippen LogP contribution in [-0.4, -0.2) is 29.8 Å². The Morgan fingerprint density at radius 3 is 2.76 bits per heavy atom. The van der Waals surface area contributed by atoms with Gasteiger partial charge in [0.2, 0.25) is 11.7 Å². The number of hydrogen-bond donors (Lipinski definition) is 0. The van der Waals surface area contributed by atoms with Crippen molar-refractivity contribution in [1.29, 1.82) is 0 Å². The summed E-state index contributed by atoms with van der Waals surface area (Å²) in [6, 6.07) is 8.46. The maximum absolute atomic E-state index is 12.1. The van der Waals surface area contributed by atoms with Crippen molar-refractivity contribution in [3.8, 4) is 23.0 Å². The van der Waals surface area contributed by atoms with Crippen LogP contribution in [0.1, 0.15) is 11.7 Å². The first-order valence-corrected chi connectivity index (χ1v) is 7.44. The third-order valence-corrected chi connectivity index (χ3v) is 3.43. The van der Waals surface area contributed by atoms with Crippen LogP contribution < -0.4 is 5.56 Å². The fourth-order valence-electron chi connectivity index (χ4n) is 2.26. The number of aryl methyl sites for hydroxylation is 1. The van der Waals surface area contributed by atoms with Gasteiger partial charge >= 0.3 is 0 Å². The lowest BCUT2D eigenvalue weighted by Crippen LogP contribution is -2.19. The van der Waals surface area contributed by atoms with E-state index in [0.29, 0.717) is 34.7 Å². The molecule has 9 heteroatoms. The Morgan fingerprint density at radius 2 is 2.00 bits per heavy atom. The molecule has 4 rings (SSSR count). The van der Waals surface area contributed by atoms with Crippen LogP contribution in [0.5, 0.6) is 0 Å². The number of rotatable bonds is 4. The standard InChI is InChI=1S/C16H12N6O3/c1-10-18-16(25-20-10)11-5-6-14(23)22(8-11)9-13-19-15(21-24-13)12-4-2-3-7-17-12/h2-8H,9H2,1H3. The summed E-state index contributed by atoms with van der Waals surface area (Å²) < 4.78 is 11.8. The Kier molecular flexibility index (Phi) is 3.65. The molecule has 0 spiro atoms. The molecule has 0 saturated heterocycles. The second-order valence-electron chi connectivity index (χ2n) is 5.26. The quantitative estimate of drug-likeness (QED) is 0.553. The van der Waals surface area contributed by atoms with Gasteiger partial charge in [0.05, 0.1) is 5.56 Å². The minimum Gasteiger partial charge on any atom is -0.337 e. The van der Waals surface area contributed by atoms with Crippen LogP contribution in [0.3, 0.4) is 0 Å². The van der Waals surface area contributed by atoms with Gasteiger partial charge in [0.1, 0.15) is 12.2 Å². The monoisotopic (exact) mass is 336 g/mol. The molecule has 0 unspecified atom stereocenters. The normalized spacial score (nSPS) is 10.9. The van der Waals surface area contributed by atoms with E-state index in [9.17, 15) is 4.79 Å². The van der Waals surface area contributed by atoms with Crippen molar-refractivity contribution < 1.29 is 9.05 Å². The smallest absolute Gasteiger partial charge is 0.259 e. The van der Waals surface area contributed by atoms with Crippen LogP contribution in [0, 0.1) is 6.92 Å². The highest BCUT2D eigenvalue weighted by Gasteiger charge is 2.12. The van der Waals surface area contributed by atoms with Crippen LogP contribution in [-0.2, 0) is 6.54 Å². The molecule has 0 aliphatic carbocycles. The van der Waals surface area contributed by atoms with Gasteiger partial charge in [-0.25, -0.2) is 0 Å². The highest BCUT2D eigenvalue weighted by Crippen LogP contribution is 2.16. The van der Waals surface area contributed by atoms with E-state index in [2.05, 4.69) is 25.3 Å². The second-order valence-corrected chi connectivity index (χ2v) is 5.26. The molecule has 0 fully saturated rings. The van der Waals surface area contributed by atoms with E-state index in [1.807, 2.05) is 6.07 Å². The van der Waals surface area contributed by atoms with E-state index in [0.717, 1.165) is 0 Å². The molecule has 4 aromatic heterocycles. The summed E-state index contributed by atoms with van der Waals surface area (Å²) in [4.78, 5) is 24.7. The second kappa shape index (κ2) is 6.11. The van der Waals surface area contributed by atoms with Gasteiger partial charge in [-0.1, -0.05) is 16.4 Å². The molecule has 0 radical (unpaired) electrons. The van der Waals surface area contributed by atoms with E-state index < -0.39 is 0 Å². The Bertz CT molecular complexity index is 1070. The SMILES string of the molecule is Cc1noc(-c2ccc(=O)n(Cc3nc(-c4ccccn4)no3)c2)n1. The highest BCUT2D eigenvalue weighted by atomic mass is 16.5. The van der Waals surface area contributed by atoms with Crippen molar-refractivity contribution in [3.63, 3.8) is 0 Å². The average molecular weight is 336 g/mol. The summed E-state index contributed by atoms with van der Waals surface area (Å²) in [6.45, 7) is 1.85. The third kappa shape index (κ3) is 3.07. The van der Waals surface area contributed by atoms with E-state index in [4.69, 9.17) is 9.05 Å². The van der Waals surface area contributed by atoms with Crippen molar-refractivity contribution in [2.75, 3.05) is 0 Å². The van der Waals surface area contributed by atoms with Gasteiger partial charge in [-0.3, -0.25) is 9.78 Å². The Morgan fingerprint density at radius 1 is 1.08 bits per heavy atom. The zero-order valence-electron chi connectivity index (χ0n) is 13.2. The predicted molar refractivity (Wildman–Crippen MR) is 85.4 cm³/mol. The first-order valence-electron chi connectivity index (χ1n) is 7.44. The summed E-state index contributed by atoms with van der Waals surface area (Å²) >= 11 is 0. The van der Waals surface area contributed by atoms with Crippen molar-refractivity contribution in [3.05, 3.63) is 64.8 Å². The molecular formula is C16H12N6O3. The minimum atomic E-state index is -0.211. The first-order chi connectivity index (χ1) is 12.2. The molecule has 0 saturated carbocycles. The van der Waals surface area contributed by atoms with E-state index in [-0.39, 0.29) is 12.1 Å². The Hall–Kier alpha value is -3.62. The molecule has 0 aliphatic rings. The fourth-order valence-corrected chi connectivity index (χ4v) is 2.26. The molecule has 9 nitrogen and oxygen atoms in total. The zero-order chi connectivity index (χ0) is 17.2. The van der Waals surface area contributed by atoms with Crippen LogP contribution >= 0.6 is 0 Å². The summed E-state index contributed by atoms with van der Waals surface area (Å²) in [7, 11) is 0. The number of hydrogen-bond acceptors (Lipinski definition) is 8. The average Bonchev–Trinajstić information content (AvgIpc) is 3.27. The Labute approximate surface area is 141 Å². The van der Waals surface area contributed by atoms with Gasteiger partial charge in [0.25, 0.3) is 11.4 Å². The number of aromatic nitrogens is 6. The Balaban J connectivity index is 1.63. The summed E-state index contributed by atoms with van der Waals surface area (Å²) in [5.74, 6) is 1.52. The van der Waals surface area contributed by atoms with Crippen LogP contribution in [0.25, 0.3) is 23.0 Å². The molecule has 124 valence electrons. The van der Waals surface area contributed by atoms with Crippen LogP contribution in [0.15, 0.2) is 56.6 Å². The summed E-state index contributed by atoms with van der Waals surface area (Å²) in [6.07, 6.45) is 3.26. The van der Waals surface area contributed by atoms with E-state index in [1.54, 1.807) is 37.5 Å². The van der Waals surface area contributed by atoms with Gasteiger partial charge in [0, 0.05) is 18.5 Å². The topological polar surface area (TPSA) is 113 Å². The fraction of sp³-hybridized carbons (Fsp3) is 0.125. The van der Waals surface area contributed by atoms with E-state index in [1.165, 1.54) is 10.6 Å². The molecule has 0 atom stereocenters. The number of nitrogens with zero attached hydrogens (tertiary/aromatic N) is 6. The molecular weight excluding hydrogens is 324 g/mol. The largest absolute Gasteiger partial charge is 0.337 e. The molecule has 0 amide bonds. The van der Waals surface area contributed by atoms with Gasteiger partial charge in [-0.15, -0.1) is 0 Å². The van der Waals surface area contributed by atoms with Gasteiger partial charge in [-0.05, 0) is 25.1 Å². The van der Waals surface area contributed by atoms with Crippen LogP contribution in [0.4, 0.5) is 0 Å². The molecule has 0 N–H and O–H groups in total. The molecule has 4 aromatic rings. The molecule has 25 heavy (non-hydrogen) atoms.